The minimum absolute atomic E-state index is 0.141. The Kier molecular flexibility index (Phi) is 8.07. The van der Waals surface area contributed by atoms with E-state index in [2.05, 4.69) is 22.9 Å². The first-order chi connectivity index (χ1) is 9.08. The Morgan fingerprint density at radius 2 is 2.05 bits per heavy atom. The summed E-state index contributed by atoms with van der Waals surface area (Å²) in [6.45, 7) is 8.13. The third kappa shape index (κ3) is 8.22. The minimum Gasteiger partial charge on any atom is -0.354 e. The zero-order valence-electron chi connectivity index (χ0n) is 12.8. The molecular weight excluding hydrogens is 238 g/mol. The van der Waals surface area contributed by atoms with Crippen molar-refractivity contribution in [2.75, 3.05) is 13.1 Å². The predicted molar refractivity (Wildman–Crippen MR) is 80.2 cm³/mol. The van der Waals surface area contributed by atoms with Crippen LogP contribution in [0.3, 0.4) is 0 Å². The molecule has 4 heteroatoms. The number of hydrogen-bond acceptors (Lipinski definition) is 3. The lowest BCUT2D eigenvalue weighted by Gasteiger charge is -2.21. The van der Waals surface area contributed by atoms with Crippen molar-refractivity contribution in [3.63, 3.8) is 0 Å². The molecule has 0 saturated carbocycles. The summed E-state index contributed by atoms with van der Waals surface area (Å²) in [5.41, 5.74) is 0. The Morgan fingerprint density at radius 1 is 1.26 bits per heavy atom. The van der Waals surface area contributed by atoms with E-state index < -0.39 is 0 Å². The van der Waals surface area contributed by atoms with Crippen LogP contribution in [0.25, 0.3) is 0 Å². The maximum atomic E-state index is 11.5. The highest BCUT2D eigenvalue weighted by Crippen LogP contribution is 2.12. The van der Waals surface area contributed by atoms with Crippen LogP contribution < -0.4 is 16.0 Å². The smallest absolute Gasteiger partial charge is 0.221 e. The molecule has 0 spiro atoms. The lowest BCUT2D eigenvalue weighted by atomic mass is 10.0. The van der Waals surface area contributed by atoms with Gasteiger partial charge in [-0.25, -0.2) is 0 Å². The van der Waals surface area contributed by atoms with Crippen LogP contribution in [-0.2, 0) is 4.79 Å². The maximum absolute atomic E-state index is 11.5. The molecule has 3 N–H and O–H groups in total. The average molecular weight is 269 g/mol. The largest absolute Gasteiger partial charge is 0.354 e. The molecule has 4 nitrogen and oxygen atoms in total. The molecular formula is C15H31N3O. The van der Waals surface area contributed by atoms with Crippen molar-refractivity contribution in [3.8, 4) is 0 Å². The van der Waals surface area contributed by atoms with Gasteiger partial charge in [-0.3, -0.25) is 4.79 Å². The summed E-state index contributed by atoms with van der Waals surface area (Å²) in [5.74, 6) is 0.141. The Hall–Kier alpha value is -0.610. The van der Waals surface area contributed by atoms with E-state index in [0.717, 1.165) is 19.5 Å². The summed E-state index contributed by atoms with van der Waals surface area (Å²) in [7, 11) is 0. The Morgan fingerprint density at radius 3 is 2.79 bits per heavy atom. The highest BCUT2D eigenvalue weighted by atomic mass is 16.1. The van der Waals surface area contributed by atoms with Crippen LogP contribution >= 0.6 is 0 Å². The summed E-state index contributed by atoms with van der Waals surface area (Å²) in [6.07, 6.45) is 7.04. The van der Waals surface area contributed by atoms with Crippen molar-refractivity contribution in [2.45, 2.75) is 77.4 Å². The summed E-state index contributed by atoms with van der Waals surface area (Å²) in [4.78, 5) is 11.5. The molecule has 0 aliphatic carbocycles. The van der Waals surface area contributed by atoms with Gasteiger partial charge in [-0.2, -0.15) is 0 Å². The van der Waals surface area contributed by atoms with E-state index in [0.29, 0.717) is 18.5 Å². The summed E-state index contributed by atoms with van der Waals surface area (Å²) < 4.78 is 0. The summed E-state index contributed by atoms with van der Waals surface area (Å²) >= 11 is 0. The molecule has 2 unspecified atom stereocenters. The van der Waals surface area contributed by atoms with E-state index in [1.54, 1.807) is 0 Å². The van der Waals surface area contributed by atoms with Crippen molar-refractivity contribution in [2.24, 2.45) is 0 Å². The van der Waals surface area contributed by atoms with Gasteiger partial charge >= 0.3 is 0 Å². The van der Waals surface area contributed by atoms with Crippen LogP contribution in [0, 0.1) is 0 Å². The maximum Gasteiger partial charge on any atom is 0.221 e. The van der Waals surface area contributed by atoms with Gasteiger partial charge in [-0.05, 0) is 46.6 Å². The average Bonchev–Trinajstić information content (AvgIpc) is 2.56. The first-order valence-corrected chi connectivity index (χ1v) is 7.84. The molecule has 1 rings (SSSR count). The second-order valence-corrected chi connectivity index (χ2v) is 6.06. The van der Waals surface area contributed by atoms with Gasteiger partial charge in [-0.15, -0.1) is 0 Å². The second-order valence-electron chi connectivity index (χ2n) is 6.06. The monoisotopic (exact) mass is 269 g/mol. The second kappa shape index (κ2) is 9.32. The molecule has 112 valence electrons. The van der Waals surface area contributed by atoms with Crippen molar-refractivity contribution < 1.29 is 4.79 Å². The van der Waals surface area contributed by atoms with Crippen molar-refractivity contribution in [1.29, 1.82) is 0 Å². The van der Waals surface area contributed by atoms with Crippen LogP contribution in [0.1, 0.15) is 59.3 Å². The highest BCUT2D eigenvalue weighted by Gasteiger charge is 2.14. The lowest BCUT2D eigenvalue weighted by Crippen LogP contribution is -2.38. The zero-order chi connectivity index (χ0) is 14.1. The first kappa shape index (κ1) is 16.4. The molecule has 2 atom stereocenters. The fourth-order valence-electron chi connectivity index (χ4n) is 2.64. The number of amides is 1. The topological polar surface area (TPSA) is 53.2 Å². The molecule has 1 heterocycles. The third-order valence-corrected chi connectivity index (χ3v) is 3.59. The fraction of sp³-hybridized carbons (Fsp3) is 0.933. The van der Waals surface area contributed by atoms with Gasteiger partial charge in [0, 0.05) is 31.1 Å². The number of carbonyl (C=O) groups excluding carboxylic acids is 1. The Balaban J connectivity index is 2.09. The van der Waals surface area contributed by atoms with E-state index in [4.69, 9.17) is 0 Å². The van der Waals surface area contributed by atoms with Crippen molar-refractivity contribution >= 4 is 5.91 Å². The van der Waals surface area contributed by atoms with Gasteiger partial charge in [0.15, 0.2) is 0 Å². The molecule has 1 fully saturated rings. The normalized spacial score (nSPS) is 22.0. The SMILES string of the molecule is CC(C)NC(=O)CCNC(C)CC1CCCCCN1. The quantitative estimate of drug-likeness (QED) is 0.660. The van der Waals surface area contributed by atoms with Crippen molar-refractivity contribution in [1.82, 2.24) is 16.0 Å². The summed E-state index contributed by atoms with van der Waals surface area (Å²) in [6, 6.07) is 1.36. The van der Waals surface area contributed by atoms with E-state index in [-0.39, 0.29) is 11.9 Å². The molecule has 0 aromatic rings. The molecule has 0 aromatic carbocycles. The number of nitrogens with one attached hydrogen (secondary N) is 3. The van der Waals surface area contributed by atoms with Crippen molar-refractivity contribution in [3.05, 3.63) is 0 Å². The molecule has 0 bridgehead atoms. The molecule has 1 aliphatic heterocycles. The summed E-state index contributed by atoms with van der Waals surface area (Å²) in [5, 5.41) is 9.99. The molecule has 1 saturated heterocycles. The lowest BCUT2D eigenvalue weighted by molar-refractivity contribution is -0.121. The van der Waals surface area contributed by atoms with Gasteiger partial charge < -0.3 is 16.0 Å². The first-order valence-electron chi connectivity index (χ1n) is 7.84. The van der Waals surface area contributed by atoms with Gasteiger partial charge in [0.2, 0.25) is 5.91 Å². The van der Waals surface area contributed by atoms with Crippen LogP contribution in [-0.4, -0.2) is 37.1 Å². The molecule has 19 heavy (non-hydrogen) atoms. The zero-order valence-corrected chi connectivity index (χ0v) is 12.8. The number of hydrogen-bond donors (Lipinski definition) is 3. The van der Waals surface area contributed by atoms with Crippen LogP contribution in [0.4, 0.5) is 0 Å². The van der Waals surface area contributed by atoms with E-state index >= 15 is 0 Å². The Bertz CT molecular complexity index is 248. The third-order valence-electron chi connectivity index (χ3n) is 3.59. The molecule has 0 radical (unpaired) electrons. The Labute approximate surface area is 118 Å². The predicted octanol–water partition coefficient (Wildman–Crippen LogP) is 1.80. The van der Waals surface area contributed by atoms with E-state index in [1.807, 2.05) is 13.8 Å². The van der Waals surface area contributed by atoms with Gasteiger partial charge in [0.25, 0.3) is 0 Å². The molecule has 1 aliphatic rings. The van der Waals surface area contributed by atoms with E-state index in [1.165, 1.54) is 25.7 Å². The highest BCUT2D eigenvalue weighted by molar-refractivity contribution is 5.76. The van der Waals surface area contributed by atoms with Crippen LogP contribution in [0.5, 0.6) is 0 Å². The van der Waals surface area contributed by atoms with Crippen LogP contribution in [0.15, 0.2) is 0 Å². The minimum atomic E-state index is 0.141. The number of carbonyl (C=O) groups is 1. The standard InChI is InChI=1S/C15H31N3O/c1-12(2)18-15(19)8-10-16-13(3)11-14-7-5-4-6-9-17-14/h12-14,16-17H,4-11H2,1-3H3,(H,18,19). The number of rotatable bonds is 7. The molecule has 0 aromatic heterocycles. The van der Waals surface area contributed by atoms with Gasteiger partial charge in [0.05, 0.1) is 0 Å². The molecule has 1 amide bonds. The fourth-order valence-corrected chi connectivity index (χ4v) is 2.64. The van der Waals surface area contributed by atoms with Gasteiger partial charge in [0.1, 0.15) is 0 Å². The van der Waals surface area contributed by atoms with Gasteiger partial charge in [-0.1, -0.05) is 12.8 Å². The van der Waals surface area contributed by atoms with Crippen LogP contribution in [0.2, 0.25) is 0 Å². The van der Waals surface area contributed by atoms with E-state index in [9.17, 15) is 4.79 Å².